The highest BCUT2D eigenvalue weighted by Crippen LogP contribution is 2.52. The Morgan fingerprint density at radius 3 is 2.61 bits per heavy atom. The zero-order valence-electron chi connectivity index (χ0n) is 23.1. The van der Waals surface area contributed by atoms with Crippen LogP contribution in [0.1, 0.15) is 54.9 Å². The van der Waals surface area contributed by atoms with Crippen LogP contribution in [0.15, 0.2) is 55.1 Å². The third-order valence-corrected chi connectivity index (χ3v) is 8.86. The number of nitrogens with zero attached hydrogens (tertiary/aromatic N) is 6. The number of carbonyl (C=O) groups excluding carboxylic acids is 1. The van der Waals surface area contributed by atoms with E-state index in [9.17, 15) is 10.1 Å². The van der Waals surface area contributed by atoms with E-state index in [0.717, 1.165) is 54.6 Å². The lowest BCUT2D eigenvalue weighted by atomic mass is 9.59. The number of carbonyl (C=O) groups is 1. The minimum Gasteiger partial charge on any atom is -0.492 e. The molecule has 8 rings (SSSR count). The Hall–Kier alpha value is -4.65. The summed E-state index contributed by atoms with van der Waals surface area (Å²) in [6.45, 7) is 2.47. The molecule has 2 aliphatic heterocycles. The van der Waals surface area contributed by atoms with E-state index in [4.69, 9.17) is 14.5 Å². The summed E-state index contributed by atoms with van der Waals surface area (Å²) < 4.78 is 12.6. The van der Waals surface area contributed by atoms with Crippen LogP contribution >= 0.6 is 0 Å². The highest BCUT2D eigenvalue weighted by molar-refractivity contribution is 5.94. The van der Waals surface area contributed by atoms with Crippen molar-refractivity contribution in [2.75, 3.05) is 18.6 Å². The number of methoxy groups -OCH3 is 1. The van der Waals surface area contributed by atoms with Gasteiger partial charge >= 0.3 is 0 Å². The number of hydrogen-bond acceptors (Lipinski definition) is 8. The zero-order valence-corrected chi connectivity index (χ0v) is 23.1. The molecule has 1 amide bonds. The number of pyridine rings is 3. The summed E-state index contributed by atoms with van der Waals surface area (Å²) in [5.41, 5.74) is 3.36. The van der Waals surface area contributed by atoms with Gasteiger partial charge in [-0.05, 0) is 69.2 Å². The number of hydrogen-bond donors (Lipinski definition) is 1. The van der Waals surface area contributed by atoms with E-state index in [2.05, 4.69) is 38.5 Å². The highest BCUT2D eigenvalue weighted by atomic mass is 16.5. The van der Waals surface area contributed by atoms with Gasteiger partial charge in [0, 0.05) is 47.2 Å². The van der Waals surface area contributed by atoms with E-state index < -0.39 is 0 Å². The largest absolute Gasteiger partial charge is 0.492 e. The first-order valence-corrected chi connectivity index (χ1v) is 14.1. The standard InChI is InChI=1S/C31H31N7O3/c1-3-41-25-10-26(29-22(14-32)17-35-37(29)18-25)20-4-6-27(33-15-20)38-23-8-19-9-24(38)13-31(11-19,12-23)36-30(39)21-5-7-28(40-2)34-16-21/h4-7,10,15-19,23-24H,3,8-9,11-13H2,1-2H3,(H,36,39). The second-order valence-electron chi connectivity index (χ2n) is 11.4. The van der Waals surface area contributed by atoms with Gasteiger partial charge in [0.05, 0.1) is 42.8 Å². The van der Waals surface area contributed by atoms with Crippen molar-refractivity contribution in [3.63, 3.8) is 0 Å². The Bertz CT molecular complexity index is 1640. The Kier molecular flexibility index (Phi) is 6.03. The number of aromatic nitrogens is 4. The third kappa shape index (κ3) is 4.32. The second kappa shape index (κ2) is 9.77. The van der Waals surface area contributed by atoms with E-state index >= 15 is 0 Å². The maximum atomic E-state index is 13.2. The molecule has 4 aromatic heterocycles. The molecule has 4 fully saturated rings. The van der Waals surface area contributed by atoms with Crippen LogP contribution in [-0.4, -0.2) is 56.8 Å². The molecule has 0 radical (unpaired) electrons. The summed E-state index contributed by atoms with van der Waals surface area (Å²) in [6.07, 6.45) is 11.9. The maximum absolute atomic E-state index is 13.2. The molecule has 208 valence electrons. The first-order valence-electron chi connectivity index (χ1n) is 14.1. The van der Waals surface area contributed by atoms with E-state index in [1.165, 1.54) is 0 Å². The van der Waals surface area contributed by atoms with Gasteiger partial charge in [0.2, 0.25) is 5.88 Å². The molecule has 2 aliphatic carbocycles. The van der Waals surface area contributed by atoms with Crippen molar-refractivity contribution < 1.29 is 14.3 Å². The van der Waals surface area contributed by atoms with Crippen molar-refractivity contribution in [2.45, 2.75) is 56.7 Å². The van der Waals surface area contributed by atoms with Gasteiger partial charge in [-0.25, -0.2) is 14.5 Å². The van der Waals surface area contributed by atoms with Crippen molar-refractivity contribution in [3.8, 4) is 28.8 Å². The minimum atomic E-state index is -0.203. The molecule has 10 heteroatoms. The topological polar surface area (TPSA) is 118 Å². The van der Waals surface area contributed by atoms with Crippen LogP contribution in [0.25, 0.3) is 16.6 Å². The summed E-state index contributed by atoms with van der Waals surface area (Å²) in [4.78, 5) is 24.8. The van der Waals surface area contributed by atoms with Crippen LogP contribution in [0.2, 0.25) is 0 Å². The fourth-order valence-corrected chi connectivity index (χ4v) is 7.44. The molecule has 1 N–H and O–H groups in total. The van der Waals surface area contributed by atoms with Crippen molar-refractivity contribution >= 4 is 17.2 Å². The number of anilines is 1. The molecule has 6 heterocycles. The molecule has 0 aromatic carbocycles. The van der Waals surface area contributed by atoms with Crippen LogP contribution < -0.4 is 19.7 Å². The van der Waals surface area contributed by atoms with E-state index in [-0.39, 0.29) is 11.4 Å². The van der Waals surface area contributed by atoms with Crippen molar-refractivity contribution in [1.29, 1.82) is 5.26 Å². The molecule has 2 saturated carbocycles. The zero-order chi connectivity index (χ0) is 28.1. The number of ether oxygens (including phenoxy) is 2. The molecular weight excluding hydrogens is 518 g/mol. The monoisotopic (exact) mass is 549 g/mol. The molecular formula is C31H31N7O3. The van der Waals surface area contributed by atoms with Gasteiger partial charge in [0.15, 0.2) is 0 Å². The van der Waals surface area contributed by atoms with Gasteiger partial charge in [0.25, 0.3) is 5.91 Å². The molecule has 4 bridgehead atoms. The molecule has 2 atom stereocenters. The SMILES string of the molecule is CCOc1cc(-c2ccc(N3C4CC5CC3CC(NC(=O)c3ccc(OC)nc3)(C5)C4)nc2)c2c(C#N)cnn2c1. The van der Waals surface area contributed by atoms with Crippen LogP contribution in [0, 0.1) is 17.2 Å². The second-order valence-corrected chi connectivity index (χ2v) is 11.4. The summed E-state index contributed by atoms with van der Waals surface area (Å²) >= 11 is 0. The highest BCUT2D eigenvalue weighted by Gasteiger charge is 2.55. The number of fused-ring (bicyclic) bond motifs is 1. The Morgan fingerprint density at radius 2 is 1.95 bits per heavy atom. The van der Waals surface area contributed by atoms with E-state index in [1.807, 2.05) is 19.2 Å². The number of nitriles is 1. The quantitative estimate of drug-likeness (QED) is 0.361. The maximum Gasteiger partial charge on any atom is 0.253 e. The fraction of sp³-hybridized carbons (Fsp3) is 0.387. The van der Waals surface area contributed by atoms with Gasteiger partial charge in [-0.2, -0.15) is 10.4 Å². The summed E-state index contributed by atoms with van der Waals surface area (Å²) in [7, 11) is 1.56. The predicted octanol–water partition coefficient (Wildman–Crippen LogP) is 4.39. The first-order chi connectivity index (χ1) is 20.0. The number of nitrogens with one attached hydrogen (secondary N) is 1. The lowest BCUT2D eigenvalue weighted by Crippen LogP contribution is -2.69. The average Bonchev–Trinajstić information content (AvgIpc) is 3.40. The smallest absolute Gasteiger partial charge is 0.253 e. The van der Waals surface area contributed by atoms with Crippen LogP contribution in [0.3, 0.4) is 0 Å². The van der Waals surface area contributed by atoms with Crippen LogP contribution in [0.4, 0.5) is 5.82 Å². The summed E-state index contributed by atoms with van der Waals surface area (Å²) in [5, 5.41) is 17.4. The van der Waals surface area contributed by atoms with Crippen LogP contribution in [0.5, 0.6) is 11.6 Å². The van der Waals surface area contributed by atoms with Crippen molar-refractivity contribution in [3.05, 3.63) is 66.2 Å². The average molecular weight is 550 g/mol. The van der Waals surface area contributed by atoms with Gasteiger partial charge in [-0.1, -0.05) is 0 Å². The lowest BCUT2D eigenvalue weighted by Gasteiger charge is -2.62. The third-order valence-electron chi connectivity index (χ3n) is 8.86. The van der Waals surface area contributed by atoms with Gasteiger partial charge < -0.3 is 19.7 Å². The number of amides is 1. The normalized spacial score (nSPS) is 24.3. The van der Waals surface area contributed by atoms with Gasteiger partial charge in [-0.3, -0.25) is 4.79 Å². The number of rotatable bonds is 7. The molecule has 2 unspecified atom stereocenters. The Balaban J connectivity index is 1.14. The molecule has 4 aliphatic rings. The fourth-order valence-electron chi connectivity index (χ4n) is 7.44. The summed E-state index contributed by atoms with van der Waals surface area (Å²) in [5.74, 6) is 2.66. The molecule has 4 aromatic rings. The Labute approximate surface area is 237 Å². The van der Waals surface area contributed by atoms with Crippen molar-refractivity contribution in [2.24, 2.45) is 5.92 Å². The molecule has 41 heavy (non-hydrogen) atoms. The molecule has 2 saturated heterocycles. The minimum absolute atomic E-state index is 0.0756. The predicted molar refractivity (Wildman–Crippen MR) is 152 cm³/mol. The lowest BCUT2D eigenvalue weighted by molar-refractivity contribution is 0.0359. The van der Waals surface area contributed by atoms with Gasteiger partial charge in [0.1, 0.15) is 17.6 Å². The summed E-state index contributed by atoms with van der Waals surface area (Å²) in [6, 6.07) is 12.5. The molecule has 0 spiro atoms. The number of piperidine rings is 2. The van der Waals surface area contributed by atoms with Crippen molar-refractivity contribution in [1.82, 2.24) is 24.9 Å². The van der Waals surface area contributed by atoms with Gasteiger partial charge in [-0.15, -0.1) is 0 Å². The molecule has 10 nitrogen and oxygen atoms in total. The van der Waals surface area contributed by atoms with Crippen LogP contribution in [-0.2, 0) is 0 Å². The van der Waals surface area contributed by atoms with E-state index in [1.54, 1.807) is 42.3 Å². The van der Waals surface area contributed by atoms with E-state index in [0.29, 0.717) is 47.4 Å². The Morgan fingerprint density at radius 1 is 1.12 bits per heavy atom. The first kappa shape index (κ1) is 25.3.